The van der Waals surface area contributed by atoms with Gasteiger partial charge in [0.25, 0.3) is 0 Å². The van der Waals surface area contributed by atoms with Crippen molar-refractivity contribution in [2.45, 2.75) is 58.0 Å². The summed E-state index contributed by atoms with van der Waals surface area (Å²) in [6.07, 6.45) is 4.92. The molecule has 1 amide bonds. The van der Waals surface area contributed by atoms with E-state index < -0.39 is 0 Å². The molecule has 0 saturated carbocycles. The van der Waals surface area contributed by atoms with Gasteiger partial charge in [0.2, 0.25) is 17.6 Å². The molecule has 0 bridgehead atoms. The lowest BCUT2D eigenvalue weighted by molar-refractivity contribution is -0.117. The maximum Gasteiger partial charge on any atom is 0.232 e. The average molecular weight is 448 g/mol. The highest BCUT2D eigenvalue weighted by Gasteiger charge is 2.36. The van der Waals surface area contributed by atoms with Crippen molar-refractivity contribution in [3.05, 3.63) is 53.4 Å². The molecule has 0 spiro atoms. The second-order valence-corrected chi connectivity index (χ2v) is 9.02. The maximum atomic E-state index is 12.9. The van der Waals surface area contributed by atoms with E-state index in [-0.39, 0.29) is 17.9 Å². The topological polar surface area (TPSA) is 77.7 Å². The Labute approximate surface area is 193 Å². The summed E-state index contributed by atoms with van der Waals surface area (Å²) in [5.41, 5.74) is 4.51. The van der Waals surface area contributed by atoms with Gasteiger partial charge in [0.1, 0.15) is 0 Å². The van der Waals surface area contributed by atoms with Crippen LogP contribution in [0.25, 0.3) is 11.4 Å². The molecule has 0 radical (unpaired) electrons. The Kier molecular flexibility index (Phi) is 5.79. The van der Waals surface area contributed by atoms with Gasteiger partial charge in [-0.15, -0.1) is 0 Å². The second-order valence-electron chi connectivity index (χ2n) is 9.02. The van der Waals surface area contributed by atoms with E-state index in [1.54, 1.807) is 7.11 Å². The largest absolute Gasteiger partial charge is 0.493 e. The van der Waals surface area contributed by atoms with Gasteiger partial charge in [0.05, 0.1) is 19.1 Å². The summed E-state index contributed by atoms with van der Waals surface area (Å²) >= 11 is 0. The molecule has 33 heavy (non-hydrogen) atoms. The van der Waals surface area contributed by atoms with Gasteiger partial charge in [-0.3, -0.25) is 4.79 Å². The summed E-state index contributed by atoms with van der Waals surface area (Å²) in [5.74, 6) is 2.24. The number of methoxy groups -OCH3 is 1. The smallest absolute Gasteiger partial charge is 0.232 e. The summed E-state index contributed by atoms with van der Waals surface area (Å²) in [6.45, 7) is 4.49. The van der Waals surface area contributed by atoms with Crippen LogP contribution in [0.15, 0.2) is 40.9 Å². The highest BCUT2D eigenvalue weighted by atomic mass is 16.5. The minimum atomic E-state index is -0.122. The fourth-order valence-corrected chi connectivity index (χ4v) is 4.80. The van der Waals surface area contributed by atoms with Gasteiger partial charge in [0.15, 0.2) is 11.5 Å². The molecule has 1 aromatic heterocycles. The average Bonchev–Trinajstić information content (AvgIpc) is 3.46. The number of anilines is 1. The number of nitrogens with zero attached hydrogens (tertiary/aromatic N) is 3. The molecule has 0 N–H and O–H groups in total. The molecule has 5 rings (SSSR count). The standard InChI is InChI=1S/C26H29N3O4/c1-16(2)32-22-12-11-18(13-23(22)31-3)25-27-26(33-28-25)19-14-24(30)29(15-19)21-10-6-8-17-7-4-5-9-20(17)21/h6,8,10-13,16,19H,4-5,7,9,14-15H2,1-3H3. The predicted octanol–water partition coefficient (Wildman–Crippen LogP) is 4.93. The second kappa shape index (κ2) is 8.89. The Morgan fingerprint density at radius 3 is 2.79 bits per heavy atom. The van der Waals surface area contributed by atoms with Crippen molar-refractivity contribution in [2.24, 2.45) is 0 Å². The van der Waals surface area contributed by atoms with E-state index in [0.717, 1.165) is 24.1 Å². The number of rotatable bonds is 6. The van der Waals surface area contributed by atoms with Crippen molar-refractivity contribution < 1.29 is 18.8 Å². The first-order valence-electron chi connectivity index (χ1n) is 11.6. The predicted molar refractivity (Wildman–Crippen MR) is 125 cm³/mol. The van der Waals surface area contributed by atoms with Crippen LogP contribution in [0.2, 0.25) is 0 Å². The lowest BCUT2D eigenvalue weighted by Crippen LogP contribution is -2.26. The molecule has 2 heterocycles. The zero-order valence-electron chi connectivity index (χ0n) is 19.3. The maximum absolute atomic E-state index is 12.9. The number of aromatic nitrogens is 2. The van der Waals surface area contributed by atoms with Gasteiger partial charge >= 0.3 is 0 Å². The number of hydrogen-bond donors (Lipinski definition) is 0. The molecule has 1 saturated heterocycles. The highest BCUT2D eigenvalue weighted by molar-refractivity contribution is 5.97. The van der Waals surface area contributed by atoms with Crippen LogP contribution in [0.5, 0.6) is 11.5 Å². The molecule has 3 aromatic rings. The number of carbonyl (C=O) groups excluding carboxylic acids is 1. The van der Waals surface area contributed by atoms with Crippen LogP contribution >= 0.6 is 0 Å². The molecular weight excluding hydrogens is 418 g/mol. The summed E-state index contributed by atoms with van der Waals surface area (Å²) in [7, 11) is 1.61. The third-order valence-electron chi connectivity index (χ3n) is 6.36. The van der Waals surface area contributed by atoms with E-state index in [1.807, 2.05) is 36.9 Å². The zero-order chi connectivity index (χ0) is 22.9. The third kappa shape index (κ3) is 4.19. The minimum Gasteiger partial charge on any atom is -0.493 e. The minimum absolute atomic E-state index is 0.0413. The first kappa shape index (κ1) is 21.5. The third-order valence-corrected chi connectivity index (χ3v) is 6.36. The van der Waals surface area contributed by atoms with Crippen molar-refractivity contribution in [3.8, 4) is 22.9 Å². The number of benzene rings is 2. The van der Waals surface area contributed by atoms with Crippen molar-refractivity contribution in [1.29, 1.82) is 0 Å². The summed E-state index contributed by atoms with van der Waals surface area (Å²) in [4.78, 5) is 19.5. The van der Waals surface area contributed by atoms with E-state index in [4.69, 9.17) is 14.0 Å². The van der Waals surface area contributed by atoms with Crippen LogP contribution in [-0.4, -0.2) is 35.8 Å². The van der Waals surface area contributed by atoms with Gasteiger partial charge in [-0.25, -0.2) is 0 Å². The molecule has 2 aliphatic rings. The Bertz CT molecular complexity index is 1170. The molecule has 1 aliphatic heterocycles. The van der Waals surface area contributed by atoms with Crippen LogP contribution in [0.3, 0.4) is 0 Å². The van der Waals surface area contributed by atoms with Crippen LogP contribution in [0.4, 0.5) is 5.69 Å². The van der Waals surface area contributed by atoms with Crippen LogP contribution in [-0.2, 0) is 17.6 Å². The molecule has 1 atom stereocenters. The van der Waals surface area contributed by atoms with Gasteiger partial charge in [-0.2, -0.15) is 4.98 Å². The summed E-state index contributed by atoms with van der Waals surface area (Å²) in [6, 6.07) is 11.9. The lowest BCUT2D eigenvalue weighted by atomic mass is 9.90. The molecule has 7 heteroatoms. The first-order chi connectivity index (χ1) is 16.0. The Balaban J connectivity index is 1.37. The zero-order valence-corrected chi connectivity index (χ0v) is 19.3. The molecule has 2 aromatic carbocycles. The lowest BCUT2D eigenvalue weighted by Gasteiger charge is -2.25. The van der Waals surface area contributed by atoms with E-state index >= 15 is 0 Å². The van der Waals surface area contributed by atoms with E-state index in [9.17, 15) is 4.79 Å². The van der Waals surface area contributed by atoms with E-state index in [1.165, 1.54) is 24.0 Å². The molecule has 172 valence electrons. The molecule has 7 nitrogen and oxygen atoms in total. The normalized spacial score (nSPS) is 18.0. The Morgan fingerprint density at radius 1 is 1.12 bits per heavy atom. The van der Waals surface area contributed by atoms with Crippen molar-refractivity contribution in [2.75, 3.05) is 18.6 Å². The van der Waals surface area contributed by atoms with Crippen molar-refractivity contribution >= 4 is 11.6 Å². The molecule has 1 aliphatic carbocycles. The number of hydrogen-bond acceptors (Lipinski definition) is 6. The van der Waals surface area contributed by atoms with Gasteiger partial charge in [-0.05, 0) is 74.9 Å². The molecule has 1 fully saturated rings. The number of ether oxygens (including phenoxy) is 2. The number of fused-ring (bicyclic) bond motifs is 1. The van der Waals surface area contributed by atoms with Crippen molar-refractivity contribution in [1.82, 2.24) is 10.1 Å². The molecule has 1 unspecified atom stereocenters. The van der Waals surface area contributed by atoms with E-state index in [2.05, 4.69) is 28.3 Å². The summed E-state index contributed by atoms with van der Waals surface area (Å²) in [5, 5.41) is 4.18. The van der Waals surface area contributed by atoms with Crippen molar-refractivity contribution in [3.63, 3.8) is 0 Å². The van der Waals surface area contributed by atoms with Gasteiger partial charge in [-0.1, -0.05) is 17.3 Å². The van der Waals surface area contributed by atoms with Gasteiger partial charge in [0, 0.05) is 24.2 Å². The fourth-order valence-electron chi connectivity index (χ4n) is 4.80. The fraction of sp³-hybridized carbons (Fsp3) is 0.423. The van der Waals surface area contributed by atoms with Crippen LogP contribution in [0.1, 0.15) is 56.0 Å². The highest BCUT2D eigenvalue weighted by Crippen LogP contribution is 2.37. The number of carbonyl (C=O) groups is 1. The quantitative estimate of drug-likeness (QED) is 0.533. The number of amides is 1. The van der Waals surface area contributed by atoms with Gasteiger partial charge < -0.3 is 18.9 Å². The SMILES string of the molecule is COc1cc(-c2noc(C3CC(=O)N(c4cccc5c4CCCC5)C3)n2)ccc1OC(C)C. The molecular formula is C26H29N3O4. The Hall–Kier alpha value is -3.35. The first-order valence-corrected chi connectivity index (χ1v) is 11.6. The van der Waals surface area contributed by atoms with Crippen LogP contribution in [0, 0.1) is 0 Å². The summed E-state index contributed by atoms with van der Waals surface area (Å²) < 4.78 is 16.9. The Morgan fingerprint density at radius 2 is 1.97 bits per heavy atom. The number of aryl methyl sites for hydroxylation is 1. The van der Waals surface area contributed by atoms with E-state index in [0.29, 0.717) is 36.2 Å². The van der Waals surface area contributed by atoms with Crippen LogP contribution < -0.4 is 14.4 Å². The monoisotopic (exact) mass is 447 g/mol.